The van der Waals surface area contributed by atoms with Crippen molar-refractivity contribution in [2.24, 2.45) is 11.8 Å². The van der Waals surface area contributed by atoms with E-state index in [4.69, 9.17) is 18.9 Å². The molecule has 2 aliphatic carbocycles. The third kappa shape index (κ3) is 9.21. The second-order valence-electron chi connectivity index (χ2n) is 16.1. The van der Waals surface area contributed by atoms with E-state index in [0.29, 0.717) is 70.6 Å². The number of halogens is 4. The molecule has 2 saturated heterocycles. The molecule has 6 rings (SSSR count). The Balaban J connectivity index is 1.36. The summed E-state index contributed by atoms with van der Waals surface area (Å²) in [5.74, 6) is -4.51. The van der Waals surface area contributed by atoms with Gasteiger partial charge >= 0.3 is 12.3 Å². The van der Waals surface area contributed by atoms with Crippen molar-refractivity contribution in [1.29, 1.82) is 0 Å². The van der Waals surface area contributed by atoms with Crippen LogP contribution in [0.2, 0.25) is 0 Å². The Kier molecular flexibility index (Phi) is 12.4. The number of carbonyl (C=O) groups excluding carboxylic acids is 4. The van der Waals surface area contributed by atoms with Crippen LogP contribution in [0.5, 0.6) is 11.6 Å². The molecular formula is C38H49F4N5O10S. The van der Waals surface area contributed by atoms with Crippen LogP contribution in [-0.2, 0) is 33.9 Å². The molecule has 6 atom stereocenters. The van der Waals surface area contributed by atoms with E-state index in [2.05, 4.69) is 20.3 Å². The lowest BCUT2D eigenvalue weighted by molar-refractivity contribution is -0.244. The summed E-state index contributed by atoms with van der Waals surface area (Å²) in [4.78, 5) is 61.6. The zero-order valence-corrected chi connectivity index (χ0v) is 33.5. The van der Waals surface area contributed by atoms with Crippen molar-refractivity contribution in [3.05, 3.63) is 30.2 Å². The van der Waals surface area contributed by atoms with E-state index in [1.165, 1.54) is 26.5 Å². The summed E-state index contributed by atoms with van der Waals surface area (Å²) in [6, 6.07) is 1.26. The molecule has 0 unspecified atom stereocenters. The minimum absolute atomic E-state index is 0.0266. The highest BCUT2D eigenvalue weighted by atomic mass is 32.2. The molecule has 3 heterocycles. The van der Waals surface area contributed by atoms with Gasteiger partial charge < -0.3 is 34.5 Å². The summed E-state index contributed by atoms with van der Waals surface area (Å²) in [7, 11) is -1.31. The normalized spacial score (nSPS) is 27.3. The van der Waals surface area contributed by atoms with E-state index in [9.17, 15) is 45.2 Å². The highest BCUT2D eigenvalue weighted by Gasteiger charge is 2.62. The van der Waals surface area contributed by atoms with Gasteiger partial charge in [-0.15, -0.1) is 0 Å². The summed E-state index contributed by atoms with van der Waals surface area (Å²) in [6.07, 6.45) is -2.02. The average molecular weight is 844 g/mol. The topological polar surface area (TPSA) is 192 Å². The Morgan fingerprint density at radius 1 is 1.05 bits per heavy atom. The lowest BCUT2D eigenvalue weighted by Gasteiger charge is -2.34. The minimum atomic E-state index is -4.95. The van der Waals surface area contributed by atoms with Gasteiger partial charge in [0.15, 0.2) is 11.6 Å². The molecular weight excluding hydrogens is 795 g/mol. The summed E-state index contributed by atoms with van der Waals surface area (Å²) in [5.41, 5.74) is -4.52. The number of hydrogen-bond donors (Lipinski definition) is 3. The monoisotopic (exact) mass is 843 g/mol. The highest BCUT2D eigenvalue weighted by molar-refractivity contribution is 7.91. The Hall–Kier alpha value is -4.46. The minimum Gasteiger partial charge on any atom is -0.494 e. The molecule has 2 saturated carbocycles. The summed E-state index contributed by atoms with van der Waals surface area (Å²) in [5, 5.41) is 5.17. The third-order valence-electron chi connectivity index (χ3n) is 11.5. The van der Waals surface area contributed by atoms with Crippen LogP contribution < -0.4 is 24.8 Å². The van der Waals surface area contributed by atoms with Crippen LogP contribution >= 0.6 is 0 Å². The van der Waals surface area contributed by atoms with Gasteiger partial charge in [0.1, 0.15) is 23.7 Å². The molecule has 2 aliphatic heterocycles. The van der Waals surface area contributed by atoms with Crippen molar-refractivity contribution < 1.29 is 64.1 Å². The molecule has 58 heavy (non-hydrogen) atoms. The number of methoxy groups -OCH3 is 2. The smallest absolute Gasteiger partial charge is 0.427 e. The summed E-state index contributed by atoms with van der Waals surface area (Å²) >= 11 is 0. The van der Waals surface area contributed by atoms with Gasteiger partial charge in [-0.2, -0.15) is 13.2 Å². The fourth-order valence-electron chi connectivity index (χ4n) is 7.80. The molecule has 0 radical (unpaired) electrons. The molecule has 2 aromatic rings. The van der Waals surface area contributed by atoms with E-state index >= 15 is 0 Å². The van der Waals surface area contributed by atoms with Gasteiger partial charge in [-0.3, -0.25) is 19.1 Å². The SMILES string of the molecule is COC[C@@H]1CCCCCC[C@@H]2C[C@@]2(C(=O)NS(=O)(=O)C2CC2)NC(=O)[C@@H]2C[C@@H](Oc3nccc4cc(OC)c(F)cc34)CN2C(=O)[C@H]1NC(=O)OC(C)(C)C(F)(F)F. The number of alkyl carbamates (subject to hydrolysis) is 1. The third-order valence-corrected chi connectivity index (χ3v) is 13.3. The van der Waals surface area contributed by atoms with Gasteiger partial charge in [0.2, 0.25) is 33.3 Å². The number of sulfonamides is 1. The average Bonchev–Trinajstić information content (AvgIpc) is 4.07. The first-order chi connectivity index (χ1) is 27.3. The second kappa shape index (κ2) is 16.7. The first-order valence-electron chi connectivity index (χ1n) is 19.3. The number of amides is 4. The fourth-order valence-corrected chi connectivity index (χ4v) is 9.16. The number of fused-ring (bicyclic) bond motifs is 3. The molecule has 1 aromatic carbocycles. The number of benzene rings is 1. The van der Waals surface area contributed by atoms with Crippen LogP contribution in [0.4, 0.5) is 22.4 Å². The van der Waals surface area contributed by atoms with Crippen LogP contribution in [0.3, 0.4) is 0 Å². The molecule has 0 bridgehead atoms. The van der Waals surface area contributed by atoms with Crippen LogP contribution in [0.25, 0.3) is 10.8 Å². The van der Waals surface area contributed by atoms with Crippen molar-refractivity contribution in [2.75, 3.05) is 27.4 Å². The first kappa shape index (κ1) is 43.1. The van der Waals surface area contributed by atoms with Crippen molar-refractivity contribution >= 4 is 44.6 Å². The number of rotatable bonds is 10. The highest BCUT2D eigenvalue weighted by Crippen LogP contribution is 2.48. The Bertz CT molecular complexity index is 2020. The maximum atomic E-state index is 14.9. The van der Waals surface area contributed by atoms with Crippen molar-refractivity contribution in [2.45, 2.75) is 119 Å². The van der Waals surface area contributed by atoms with Gasteiger partial charge in [-0.25, -0.2) is 22.6 Å². The van der Waals surface area contributed by atoms with E-state index in [1.807, 2.05) is 0 Å². The molecule has 4 aliphatic rings. The van der Waals surface area contributed by atoms with E-state index in [-0.39, 0.29) is 43.0 Å². The molecule has 0 spiro atoms. The number of nitrogens with zero attached hydrogens (tertiary/aromatic N) is 2. The number of ether oxygens (including phenoxy) is 4. The lowest BCUT2D eigenvalue weighted by Crippen LogP contribution is -2.60. The summed E-state index contributed by atoms with van der Waals surface area (Å²) in [6.45, 7) is 0.917. The zero-order valence-electron chi connectivity index (χ0n) is 32.7. The predicted molar refractivity (Wildman–Crippen MR) is 198 cm³/mol. The Morgan fingerprint density at radius 2 is 1.76 bits per heavy atom. The first-order valence-corrected chi connectivity index (χ1v) is 20.9. The largest absolute Gasteiger partial charge is 0.494 e. The van der Waals surface area contributed by atoms with Gasteiger partial charge in [-0.05, 0) is 75.5 Å². The van der Waals surface area contributed by atoms with Gasteiger partial charge in [0, 0.05) is 31.0 Å². The second-order valence-corrected chi connectivity index (χ2v) is 18.0. The van der Waals surface area contributed by atoms with Crippen molar-refractivity contribution in [3.63, 3.8) is 0 Å². The molecule has 3 N–H and O–H groups in total. The molecule has 4 amide bonds. The van der Waals surface area contributed by atoms with Crippen LogP contribution in [0.1, 0.15) is 78.1 Å². The van der Waals surface area contributed by atoms with Gasteiger partial charge in [0.05, 0.1) is 25.5 Å². The quantitative estimate of drug-likeness (QED) is 0.290. The molecule has 4 fully saturated rings. The van der Waals surface area contributed by atoms with Gasteiger partial charge in [0.25, 0.3) is 5.91 Å². The van der Waals surface area contributed by atoms with Crippen molar-refractivity contribution in [1.82, 2.24) is 25.2 Å². The molecule has 320 valence electrons. The number of pyridine rings is 1. The Morgan fingerprint density at radius 3 is 2.41 bits per heavy atom. The summed E-state index contributed by atoms with van der Waals surface area (Å²) < 4.78 is 106. The van der Waals surface area contributed by atoms with E-state index in [0.717, 1.165) is 11.0 Å². The zero-order chi connectivity index (χ0) is 42.2. The number of hydrogen-bond acceptors (Lipinski definition) is 11. The number of aromatic nitrogens is 1. The maximum absolute atomic E-state index is 14.9. The molecule has 20 heteroatoms. The van der Waals surface area contributed by atoms with Crippen LogP contribution in [0, 0.1) is 17.7 Å². The number of alkyl halides is 3. The van der Waals surface area contributed by atoms with Gasteiger partial charge in [-0.1, -0.05) is 25.7 Å². The molecule has 1 aromatic heterocycles. The fraction of sp³-hybridized carbons (Fsp3) is 0.658. The van der Waals surface area contributed by atoms with Crippen LogP contribution in [0.15, 0.2) is 24.4 Å². The van der Waals surface area contributed by atoms with Crippen LogP contribution in [-0.4, -0.2) is 110 Å². The van der Waals surface area contributed by atoms with Crippen molar-refractivity contribution in [3.8, 4) is 11.6 Å². The predicted octanol–water partition coefficient (Wildman–Crippen LogP) is 4.27. The number of carbonyl (C=O) groups is 4. The maximum Gasteiger partial charge on any atom is 0.427 e. The lowest BCUT2D eigenvalue weighted by atomic mass is 9.92. The van der Waals surface area contributed by atoms with E-state index in [1.54, 1.807) is 6.07 Å². The number of nitrogens with one attached hydrogen (secondary N) is 3. The Labute approximate surface area is 333 Å². The van der Waals surface area contributed by atoms with E-state index < -0.39 is 92.2 Å². The molecule has 15 nitrogen and oxygen atoms in total. The standard InChI is InChI=1S/C38H49F4N5O10S/c1-36(2,38(40,41)42)57-35(51)44-30-22(20-54-3)9-7-5-6-8-10-23-18-37(23,34(50)46-58(52,53)25-11-12-25)45-31(48)28-16-24(19-47(28)33(30)49)56-32-26-17-27(39)29(55-4)15-21(26)13-14-43-32/h13-15,17,22-25,28,30H,5-12,16,18-20H2,1-4H3,(H,44,51)(H,45,48)(H,46,50)/t22-,23+,24+,28-,30-,37+/m0/s1.